The molecule has 1 N–H and O–H groups in total. The van der Waals surface area contributed by atoms with Crippen molar-refractivity contribution in [3.63, 3.8) is 0 Å². The Morgan fingerprint density at radius 1 is 1.14 bits per heavy atom. The van der Waals surface area contributed by atoms with Gasteiger partial charge in [-0.05, 0) is 68.4 Å². The predicted molar refractivity (Wildman–Crippen MR) is 141 cm³/mol. The second-order valence-corrected chi connectivity index (χ2v) is 10.6. The molecule has 1 aliphatic rings. The molecule has 0 aliphatic heterocycles. The zero-order valence-corrected chi connectivity index (χ0v) is 21.9. The van der Waals surface area contributed by atoms with Crippen LogP contribution < -0.4 is 5.56 Å². The van der Waals surface area contributed by atoms with Crippen molar-refractivity contribution in [3.8, 4) is 5.69 Å². The van der Waals surface area contributed by atoms with Gasteiger partial charge in [0.2, 0.25) is 5.92 Å². The van der Waals surface area contributed by atoms with Crippen LogP contribution in [0.3, 0.4) is 0 Å². The summed E-state index contributed by atoms with van der Waals surface area (Å²) in [6.07, 6.45) is 2.65. The fourth-order valence-electron chi connectivity index (χ4n) is 5.36. The molecule has 0 radical (unpaired) electrons. The first-order valence-electron chi connectivity index (χ1n) is 13.0. The molecule has 2 heterocycles. The number of hydrogen-bond donors (Lipinski definition) is 1. The van der Waals surface area contributed by atoms with E-state index >= 15 is 0 Å². The van der Waals surface area contributed by atoms with Gasteiger partial charge in [0.1, 0.15) is 5.82 Å². The summed E-state index contributed by atoms with van der Waals surface area (Å²) in [5.74, 6) is -1.75. The SMILES string of the molecule is CCCC(=N)c1c(C)ccc(-n2c(CC(C)C)nc3nc(C4CCC(F)(F)CC4)ccc3c2=O)c1C. The highest BCUT2D eigenvalue weighted by atomic mass is 19.3. The number of aromatic nitrogens is 3. The molecule has 0 bridgehead atoms. The fourth-order valence-corrected chi connectivity index (χ4v) is 5.36. The second kappa shape index (κ2) is 10.2. The Hall–Kier alpha value is -2.96. The molecule has 4 rings (SSSR count). The van der Waals surface area contributed by atoms with Gasteiger partial charge in [0.15, 0.2) is 5.65 Å². The molecule has 1 saturated carbocycles. The van der Waals surface area contributed by atoms with Gasteiger partial charge in [0.25, 0.3) is 5.56 Å². The summed E-state index contributed by atoms with van der Waals surface area (Å²) in [7, 11) is 0. The van der Waals surface area contributed by atoms with Crippen LogP contribution >= 0.6 is 0 Å². The van der Waals surface area contributed by atoms with Gasteiger partial charge in [-0.3, -0.25) is 9.36 Å². The maximum atomic E-state index is 13.9. The number of nitrogens with one attached hydrogen (secondary N) is 1. The van der Waals surface area contributed by atoms with Crippen molar-refractivity contribution >= 4 is 16.7 Å². The summed E-state index contributed by atoms with van der Waals surface area (Å²) in [6, 6.07) is 7.46. The number of alkyl halides is 2. The zero-order valence-electron chi connectivity index (χ0n) is 21.9. The largest absolute Gasteiger partial charge is 0.305 e. The molecule has 192 valence electrons. The zero-order chi connectivity index (χ0) is 26.2. The third kappa shape index (κ3) is 5.11. The van der Waals surface area contributed by atoms with Gasteiger partial charge >= 0.3 is 0 Å². The molecule has 1 aromatic carbocycles. The van der Waals surface area contributed by atoms with Crippen LogP contribution in [0.25, 0.3) is 16.7 Å². The maximum Gasteiger partial charge on any atom is 0.267 e. The molecule has 5 nitrogen and oxygen atoms in total. The molecule has 0 amide bonds. The number of aryl methyl sites for hydroxylation is 1. The quantitative estimate of drug-likeness (QED) is 0.358. The predicted octanol–water partition coefficient (Wildman–Crippen LogP) is 7.06. The van der Waals surface area contributed by atoms with E-state index in [4.69, 9.17) is 15.4 Å². The molecule has 0 atom stereocenters. The Kier molecular flexibility index (Phi) is 7.39. The van der Waals surface area contributed by atoms with Crippen LogP contribution in [-0.4, -0.2) is 26.2 Å². The summed E-state index contributed by atoms with van der Waals surface area (Å²) < 4.78 is 29.0. The molecule has 7 heteroatoms. The minimum Gasteiger partial charge on any atom is -0.305 e. The van der Waals surface area contributed by atoms with Gasteiger partial charge in [-0.15, -0.1) is 0 Å². The average molecular weight is 495 g/mol. The number of benzene rings is 1. The first kappa shape index (κ1) is 26.1. The highest BCUT2D eigenvalue weighted by Crippen LogP contribution is 2.40. The molecule has 0 unspecified atom stereocenters. The van der Waals surface area contributed by atoms with Gasteiger partial charge in [-0.2, -0.15) is 0 Å². The van der Waals surface area contributed by atoms with E-state index in [0.717, 1.165) is 34.5 Å². The van der Waals surface area contributed by atoms with Crippen molar-refractivity contribution in [2.75, 3.05) is 0 Å². The molecule has 0 spiro atoms. The summed E-state index contributed by atoms with van der Waals surface area (Å²) >= 11 is 0. The molecule has 2 aromatic heterocycles. The van der Waals surface area contributed by atoms with E-state index in [1.807, 2.05) is 26.0 Å². The Morgan fingerprint density at radius 2 is 1.83 bits per heavy atom. The van der Waals surface area contributed by atoms with E-state index in [0.29, 0.717) is 48.3 Å². The highest BCUT2D eigenvalue weighted by Gasteiger charge is 2.36. The molecule has 0 saturated heterocycles. The molecule has 36 heavy (non-hydrogen) atoms. The Balaban J connectivity index is 1.87. The number of fused-ring (bicyclic) bond motifs is 1. The van der Waals surface area contributed by atoms with E-state index in [1.54, 1.807) is 16.7 Å². The van der Waals surface area contributed by atoms with Crippen LogP contribution in [0.4, 0.5) is 8.78 Å². The van der Waals surface area contributed by atoms with Crippen LogP contribution in [0, 0.1) is 25.2 Å². The minimum absolute atomic E-state index is 0.0433. The van der Waals surface area contributed by atoms with E-state index in [9.17, 15) is 13.6 Å². The summed E-state index contributed by atoms with van der Waals surface area (Å²) in [6.45, 7) is 10.2. The minimum atomic E-state index is -2.60. The Bertz CT molecular complexity index is 1350. The molecular formula is C29H36F2N4O. The average Bonchev–Trinajstić information content (AvgIpc) is 2.80. The van der Waals surface area contributed by atoms with Gasteiger partial charge in [0, 0.05) is 42.1 Å². The van der Waals surface area contributed by atoms with Crippen LogP contribution in [-0.2, 0) is 6.42 Å². The van der Waals surface area contributed by atoms with Crippen molar-refractivity contribution in [1.82, 2.24) is 14.5 Å². The molecule has 3 aromatic rings. The topological polar surface area (TPSA) is 71.6 Å². The van der Waals surface area contributed by atoms with Crippen molar-refractivity contribution < 1.29 is 8.78 Å². The third-order valence-corrected chi connectivity index (χ3v) is 7.24. The number of hydrogen-bond acceptors (Lipinski definition) is 4. The molecular weight excluding hydrogens is 458 g/mol. The van der Waals surface area contributed by atoms with E-state index < -0.39 is 5.92 Å². The lowest BCUT2D eigenvalue weighted by atomic mass is 9.84. The van der Waals surface area contributed by atoms with E-state index in [1.165, 1.54) is 0 Å². The normalized spacial score (nSPS) is 16.1. The van der Waals surface area contributed by atoms with Gasteiger partial charge in [0.05, 0.1) is 11.1 Å². The smallest absolute Gasteiger partial charge is 0.267 e. The summed E-state index contributed by atoms with van der Waals surface area (Å²) in [5.41, 5.74) is 5.05. The lowest BCUT2D eigenvalue weighted by Crippen LogP contribution is -2.27. The first-order valence-corrected chi connectivity index (χ1v) is 13.0. The van der Waals surface area contributed by atoms with Crippen molar-refractivity contribution in [2.24, 2.45) is 5.92 Å². The summed E-state index contributed by atoms with van der Waals surface area (Å²) in [4.78, 5) is 23.5. The van der Waals surface area contributed by atoms with Crippen LogP contribution in [0.2, 0.25) is 0 Å². The lowest BCUT2D eigenvalue weighted by Gasteiger charge is -2.28. The van der Waals surface area contributed by atoms with Crippen LogP contribution in [0.1, 0.15) is 93.4 Å². The number of pyridine rings is 1. The lowest BCUT2D eigenvalue weighted by molar-refractivity contribution is -0.0384. The van der Waals surface area contributed by atoms with Gasteiger partial charge < -0.3 is 5.41 Å². The van der Waals surface area contributed by atoms with Crippen molar-refractivity contribution in [3.05, 3.63) is 62.8 Å². The van der Waals surface area contributed by atoms with Crippen LogP contribution in [0.15, 0.2) is 29.1 Å². The molecule has 1 aliphatic carbocycles. The third-order valence-electron chi connectivity index (χ3n) is 7.24. The van der Waals surface area contributed by atoms with E-state index in [-0.39, 0.29) is 30.2 Å². The van der Waals surface area contributed by atoms with Gasteiger partial charge in [-0.1, -0.05) is 33.3 Å². The van der Waals surface area contributed by atoms with Crippen LogP contribution in [0.5, 0.6) is 0 Å². The number of halogens is 2. The number of nitrogens with zero attached hydrogens (tertiary/aromatic N) is 3. The van der Waals surface area contributed by atoms with Crippen molar-refractivity contribution in [1.29, 1.82) is 5.41 Å². The Morgan fingerprint density at radius 3 is 2.47 bits per heavy atom. The van der Waals surface area contributed by atoms with E-state index in [2.05, 4.69) is 20.8 Å². The first-order chi connectivity index (χ1) is 17.0. The Labute approximate surface area is 211 Å². The number of rotatable bonds is 7. The second-order valence-electron chi connectivity index (χ2n) is 10.6. The van der Waals surface area contributed by atoms with Gasteiger partial charge in [-0.25, -0.2) is 18.7 Å². The fraction of sp³-hybridized carbons (Fsp3) is 0.517. The highest BCUT2D eigenvalue weighted by molar-refractivity contribution is 6.01. The molecule has 1 fully saturated rings. The maximum absolute atomic E-state index is 13.9. The standard InChI is InChI=1S/C29H36F2N4O/c1-6-7-22(32)26-18(4)8-11-24(19(26)5)35-25(16-17(2)3)34-27-21(28(35)36)9-10-23(33-27)20-12-14-29(30,31)15-13-20/h8-11,17,20,32H,6-7,12-16H2,1-5H3. The summed E-state index contributed by atoms with van der Waals surface area (Å²) in [5, 5.41) is 9.02. The monoisotopic (exact) mass is 494 g/mol. The van der Waals surface area contributed by atoms with Crippen molar-refractivity contribution in [2.45, 2.75) is 91.4 Å².